The Hall–Kier alpha value is -0.860. The van der Waals surface area contributed by atoms with Crippen molar-refractivity contribution in [2.45, 2.75) is 52.4 Å². The molecule has 0 heterocycles. The van der Waals surface area contributed by atoms with E-state index in [0.29, 0.717) is 12.2 Å². The van der Waals surface area contributed by atoms with Gasteiger partial charge in [-0.25, -0.2) is 0 Å². The zero-order valence-electron chi connectivity index (χ0n) is 11.0. The van der Waals surface area contributed by atoms with Crippen molar-refractivity contribution in [2.24, 2.45) is 16.7 Å². The normalized spacial score (nSPS) is 41.8. The van der Waals surface area contributed by atoms with E-state index in [-0.39, 0.29) is 17.3 Å². The molecular weight excluding hydrogens is 216 g/mol. The highest BCUT2D eigenvalue weighted by molar-refractivity contribution is 5.87. The fourth-order valence-electron chi connectivity index (χ4n) is 4.08. The van der Waals surface area contributed by atoms with Gasteiger partial charge < -0.3 is 4.74 Å². The Bertz CT molecular complexity index is 349. The van der Waals surface area contributed by atoms with Crippen molar-refractivity contribution in [3.8, 4) is 0 Å². The molecule has 3 atom stereocenters. The minimum absolute atomic E-state index is 0.136. The lowest BCUT2D eigenvalue weighted by molar-refractivity contribution is -0.168. The van der Waals surface area contributed by atoms with E-state index in [0.717, 1.165) is 32.1 Å². The van der Waals surface area contributed by atoms with Crippen LogP contribution in [0.1, 0.15) is 52.4 Å². The van der Waals surface area contributed by atoms with Gasteiger partial charge in [0.2, 0.25) is 0 Å². The second-order valence-electron chi connectivity index (χ2n) is 6.05. The summed E-state index contributed by atoms with van der Waals surface area (Å²) in [6.45, 7) is 4.04. The van der Waals surface area contributed by atoms with Crippen LogP contribution in [0.4, 0.5) is 0 Å². The zero-order chi connectivity index (χ0) is 12.7. The Balaban J connectivity index is 2.37. The largest absolute Gasteiger partial charge is 0.469 e. The molecule has 2 rings (SSSR count). The van der Waals surface area contributed by atoms with Gasteiger partial charge in [0, 0.05) is 11.8 Å². The minimum atomic E-state index is -0.460. The van der Waals surface area contributed by atoms with Crippen molar-refractivity contribution in [1.82, 2.24) is 0 Å². The summed E-state index contributed by atoms with van der Waals surface area (Å²) in [4.78, 5) is 24.3. The van der Waals surface area contributed by atoms with Crippen LogP contribution in [0.3, 0.4) is 0 Å². The Morgan fingerprint density at radius 1 is 1.29 bits per heavy atom. The van der Waals surface area contributed by atoms with Crippen molar-refractivity contribution in [3.05, 3.63) is 0 Å². The number of hydrogen-bond donors (Lipinski definition) is 0. The highest BCUT2D eigenvalue weighted by atomic mass is 16.5. The van der Waals surface area contributed by atoms with Crippen LogP contribution in [0.5, 0.6) is 0 Å². The first-order valence-electron chi connectivity index (χ1n) is 6.57. The topological polar surface area (TPSA) is 43.4 Å². The van der Waals surface area contributed by atoms with Crippen LogP contribution in [-0.4, -0.2) is 18.9 Å². The first-order valence-corrected chi connectivity index (χ1v) is 6.57. The minimum Gasteiger partial charge on any atom is -0.469 e. The van der Waals surface area contributed by atoms with Crippen LogP contribution in [-0.2, 0) is 14.3 Å². The molecule has 0 bridgehead atoms. The maximum Gasteiger partial charge on any atom is 0.311 e. The van der Waals surface area contributed by atoms with Gasteiger partial charge in [-0.1, -0.05) is 13.3 Å². The van der Waals surface area contributed by atoms with Crippen LogP contribution < -0.4 is 0 Å². The lowest BCUT2D eigenvalue weighted by atomic mass is 9.50. The van der Waals surface area contributed by atoms with Crippen LogP contribution in [0.15, 0.2) is 0 Å². The molecule has 0 saturated heterocycles. The molecule has 0 aromatic carbocycles. The van der Waals surface area contributed by atoms with Gasteiger partial charge in [-0.05, 0) is 38.5 Å². The molecule has 3 nitrogen and oxygen atoms in total. The summed E-state index contributed by atoms with van der Waals surface area (Å²) >= 11 is 0. The second kappa shape index (κ2) is 4.11. The number of rotatable bonds is 1. The molecule has 2 fully saturated rings. The van der Waals surface area contributed by atoms with Gasteiger partial charge in [0.1, 0.15) is 5.78 Å². The van der Waals surface area contributed by atoms with E-state index in [2.05, 4.69) is 6.92 Å². The zero-order valence-corrected chi connectivity index (χ0v) is 11.0. The van der Waals surface area contributed by atoms with E-state index in [1.165, 1.54) is 7.11 Å². The molecule has 0 N–H and O–H groups in total. The van der Waals surface area contributed by atoms with Gasteiger partial charge in [0.15, 0.2) is 0 Å². The van der Waals surface area contributed by atoms with Gasteiger partial charge in [-0.2, -0.15) is 0 Å². The van der Waals surface area contributed by atoms with Gasteiger partial charge in [-0.15, -0.1) is 0 Å². The van der Waals surface area contributed by atoms with Gasteiger partial charge in [-0.3, -0.25) is 9.59 Å². The predicted molar refractivity (Wildman–Crippen MR) is 64.4 cm³/mol. The maximum absolute atomic E-state index is 12.2. The Kier molecular flexibility index (Phi) is 3.04. The van der Waals surface area contributed by atoms with Crippen molar-refractivity contribution < 1.29 is 14.3 Å². The number of methoxy groups -OCH3 is 1. The molecule has 0 amide bonds. The lowest BCUT2D eigenvalue weighted by Crippen LogP contribution is -2.53. The molecule has 96 valence electrons. The van der Waals surface area contributed by atoms with Crippen LogP contribution in [0.25, 0.3) is 0 Å². The van der Waals surface area contributed by atoms with Crippen molar-refractivity contribution in [2.75, 3.05) is 7.11 Å². The molecule has 17 heavy (non-hydrogen) atoms. The van der Waals surface area contributed by atoms with Crippen molar-refractivity contribution in [3.63, 3.8) is 0 Å². The summed E-state index contributed by atoms with van der Waals surface area (Å²) in [5.41, 5.74) is -0.753. The van der Waals surface area contributed by atoms with E-state index in [1.54, 1.807) is 0 Å². The molecule has 0 aliphatic heterocycles. The smallest absolute Gasteiger partial charge is 0.311 e. The summed E-state index contributed by atoms with van der Waals surface area (Å²) in [6.07, 6.45) is 5.32. The molecule has 0 aromatic heterocycles. The van der Waals surface area contributed by atoms with Crippen LogP contribution in [0, 0.1) is 16.7 Å². The second-order valence-corrected chi connectivity index (χ2v) is 6.05. The van der Waals surface area contributed by atoms with Crippen molar-refractivity contribution >= 4 is 11.8 Å². The van der Waals surface area contributed by atoms with E-state index < -0.39 is 5.41 Å². The summed E-state index contributed by atoms with van der Waals surface area (Å²) < 4.78 is 4.97. The summed E-state index contributed by atoms with van der Waals surface area (Å²) in [7, 11) is 1.45. The molecule has 2 aliphatic carbocycles. The van der Waals surface area contributed by atoms with Gasteiger partial charge in [0.05, 0.1) is 12.5 Å². The van der Waals surface area contributed by atoms with Gasteiger partial charge in [0.25, 0.3) is 0 Å². The van der Waals surface area contributed by atoms with Crippen molar-refractivity contribution in [1.29, 1.82) is 0 Å². The molecule has 2 aliphatic rings. The maximum atomic E-state index is 12.2. The van der Waals surface area contributed by atoms with E-state index in [1.807, 2.05) is 6.92 Å². The third kappa shape index (κ3) is 1.71. The van der Waals surface area contributed by atoms with E-state index in [9.17, 15) is 9.59 Å². The summed E-state index contributed by atoms with van der Waals surface area (Å²) in [6, 6.07) is 0. The molecular formula is C14H22O3. The molecule has 3 heteroatoms. The number of carbonyl (C=O) groups is 2. The highest BCUT2D eigenvalue weighted by Gasteiger charge is 2.57. The molecule has 2 saturated carbocycles. The Morgan fingerprint density at radius 2 is 2.00 bits per heavy atom. The Morgan fingerprint density at radius 3 is 2.65 bits per heavy atom. The average molecular weight is 238 g/mol. The summed E-state index contributed by atoms with van der Waals surface area (Å²) in [5, 5.41) is 0. The molecule has 0 radical (unpaired) electrons. The average Bonchev–Trinajstić information content (AvgIpc) is 2.30. The number of fused-ring (bicyclic) bond motifs is 1. The highest BCUT2D eigenvalue weighted by Crippen LogP contribution is 2.56. The first-order chi connectivity index (χ1) is 7.95. The number of Topliss-reactive ketones (excluding diaryl/α,β-unsaturated/α-hetero) is 1. The number of esters is 1. The van der Waals surface area contributed by atoms with E-state index >= 15 is 0 Å². The number of ether oxygens (including phenoxy) is 1. The predicted octanol–water partition coefficient (Wildman–Crippen LogP) is 2.73. The van der Waals surface area contributed by atoms with Gasteiger partial charge >= 0.3 is 5.97 Å². The number of ketones is 1. The standard InChI is InChI=1S/C14H22O3/c1-13-8-5-9-14(2,12(16)17-3)10(13)6-4-7-11(13)15/h10H,4-9H2,1-3H3/t10?,13-,14-/m1/s1. The molecule has 0 aromatic rings. The number of carbonyl (C=O) groups excluding carboxylic acids is 2. The third-order valence-corrected chi connectivity index (χ3v) is 5.12. The fourth-order valence-corrected chi connectivity index (χ4v) is 4.08. The SMILES string of the molecule is COC(=O)[C@]1(C)CCC[C@@]2(C)C(=O)CCCC21. The third-order valence-electron chi connectivity index (χ3n) is 5.12. The lowest BCUT2D eigenvalue weighted by Gasteiger charge is -2.52. The fraction of sp³-hybridized carbons (Fsp3) is 0.857. The number of hydrogen-bond acceptors (Lipinski definition) is 3. The van der Waals surface area contributed by atoms with Crippen LogP contribution >= 0.6 is 0 Å². The first kappa shape index (κ1) is 12.6. The van der Waals surface area contributed by atoms with Crippen LogP contribution in [0.2, 0.25) is 0 Å². The monoisotopic (exact) mass is 238 g/mol. The molecule has 1 unspecified atom stereocenters. The summed E-state index contributed by atoms with van der Waals surface area (Å²) in [5.74, 6) is 0.379. The quantitative estimate of drug-likeness (QED) is 0.660. The Labute approximate surface area is 103 Å². The van der Waals surface area contributed by atoms with E-state index in [4.69, 9.17) is 4.74 Å². The molecule has 0 spiro atoms.